The fourth-order valence-corrected chi connectivity index (χ4v) is 2.02. The van der Waals surface area contributed by atoms with E-state index >= 15 is 0 Å². The van der Waals surface area contributed by atoms with Gasteiger partial charge in [-0.15, -0.1) is 0 Å². The van der Waals surface area contributed by atoms with Gasteiger partial charge in [-0.05, 0) is 11.1 Å². The zero-order valence-corrected chi connectivity index (χ0v) is 12.9. The van der Waals surface area contributed by atoms with Crippen molar-refractivity contribution < 1.29 is 9.59 Å². The highest BCUT2D eigenvalue weighted by Crippen LogP contribution is 1.98. The van der Waals surface area contributed by atoms with Crippen LogP contribution in [0.25, 0.3) is 0 Å². The molecule has 0 aliphatic rings. The maximum absolute atomic E-state index is 11.7. The number of amides is 3. The summed E-state index contributed by atoms with van der Waals surface area (Å²) < 4.78 is 0. The van der Waals surface area contributed by atoms with Crippen LogP contribution in [0, 0.1) is 0 Å². The highest BCUT2D eigenvalue weighted by Gasteiger charge is 2.04. The molecule has 0 bridgehead atoms. The Kier molecular flexibility index (Phi) is 6.65. The quantitative estimate of drug-likeness (QED) is 0.733. The molecule has 5 nitrogen and oxygen atoms in total. The molecule has 2 aromatic rings. The third kappa shape index (κ3) is 6.65. The first-order chi connectivity index (χ1) is 11.2. The van der Waals surface area contributed by atoms with E-state index in [0.29, 0.717) is 19.6 Å². The van der Waals surface area contributed by atoms with Gasteiger partial charge in [0.05, 0.1) is 0 Å². The van der Waals surface area contributed by atoms with Crippen LogP contribution in [0.15, 0.2) is 60.7 Å². The molecule has 120 valence electrons. The van der Waals surface area contributed by atoms with Gasteiger partial charge < -0.3 is 16.0 Å². The number of nitrogens with one attached hydrogen (secondary N) is 3. The van der Waals surface area contributed by atoms with E-state index in [0.717, 1.165) is 11.1 Å². The molecule has 0 heterocycles. The Morgan fingerprint density at radius 1 is 0.696 bits per heavy atom. The molecular formula is C18H21N3O2. The van der Waals surface area contributed by atoms with Crippen LogP contribution >= 0.6 is 0 Å². The van der Waals surface area contributed by atoms with Gasteiger partial charge >= 0.3 is 6.03 Å². The molecule has 5 heteroatoms. The predicted molar refractivity (Wildman–Crippen MR) is 89.6 cm³/mol. The number of hydrogen-bond acceptors (Lipinski definition) is 2. The highest BCUT2D eigenvalue weighted by molar-refractivity contribution is 5.78. The zero-order chi connectivity index (χ0) is 16.3. The monoisotopic (exact) mass is 311 g/mol. The van der Waals surface area contributed by atoms with Gasteiger partial charge in [-0.25, -0.2) is 4.79 Å². The molecule has 0 saturated carbocycles. The van der Waals surface area contributed by atoms with Crippen molar-refractivity contribution in [2.75, 3.05) is 6.54 Å². The molecule has 0 fully saturated rings. The SMILES string of the molecule is O=C(CCNC(=O)NCc1ccccc1)NCc1ccccc1. The van der Waals surface area contributed by atoms with Crippen LogP contribution in [0.2, 0.25) is 0 Å². The van der Waals surface area contributed by atoms with Crippen LogP contribution in [0.3, 0.4) is 0 Å². The molecular weight excluding hydrogens is 290 g/mol. The van der Waals surface area contributed by atoms with Crippen molar-refractivity contribution in [3.05, 3.63) is 71.8 Å². The van der Waals surface area contributed by atoms with Crippen molar-refractivity contribution in [3.8, 4) is 0 Å². The summed E-state index contributed by atoms with van der Waals surface area (Å²) in [7, 11) is 0. The summed E-state index contributed by atoms with van der Waals surface area (Å²) in [6.07, 6.45) is 0.256. The Bertz CT molecular complexity index is 559. The maximum atomic E-state index is 11.7. The Labute approximate surface area is 136 Å². The zero-order valence-electron chi connectivity index (χ0n) is 12.9. The molecule has 3 amide bonds. The largest absolute Gasteiger partial charge is 0.352 e. The topological polar surface area (TPSA) is 70.2 Å². The Morgan fingerprint density at radius 2 is 1.22 bits per heavy atom. The second-order valence-corrected chi connectivity index (χ2v) is 5.11. The van der Waals surface area contributed by atoms with Gasteiger partial charge in [0.15, 0.2) is 0 Å². The number of urea groups is 1. The minimum atomic E-state index is -0.273. The van der Waals surface area contributed by atoms with Crippen molar-refractivity contribution in [2.24, 2.45) is 0 Å². The first kappa shape index (κ1) is 16.5. The average molecular weight is 311 g/mol. The average Bonchev–Trinajstić information content (AvgIpc) is 2.60. The van der Waals surface area contributed by atoms with Gasteiger partial charge in [-0.2, -0.15) is 0 Å². The summed E-state index contributed by atoms with van der Waals surface area (Å²) in [4.78, 5) is 23.3. The van der Waals surface area contributed by atoms with E-state index < -0.39 is 0 Å². The molecule has 23 heavy (non-hydrogen) atoms. The summed E-state index contributed by atoms with van der Waals surface area (Å²) in [5, 5.41) is 8.24. The standard InChI is InChI=1S/C18H21N3O2/c22-17(20-13-15-7-3-1-4-8-15)11-12-19-18(23)21-14-16-9-5-2-6-10-16/h1-10H,11-14H2,(H,20,22)(H2,19,21,23). The second kappa shape index (κ2) is 9.25. The molecule has 0 aromatic heterocycles. The first-order valence-electron chi connectivity index (χ1n) is 7.60. The van der Waals surface area contributed by atoms with Crippen molar-refractivity contribution in [3.63, 3.8) is 0 Å². The number of carbonyl (C=O) groups excluding carboxylic acids is 2. The molecule has 0 aliphatic heterocycles. The van der Waals surface area contributed by atoms with Gasteiger partial charge in [-0.1, -0.05) is 60.7 Å². The summed E-state index contributed by atoms with van der Waals surface area (Å²) in [5.74, 6) is -0.0859. The van der Waals surface area contributed by atoms with E-state index in [2.05, 4.69) is 16.0 Å². The summed E-state index contributed by atoms with van der Waals surface area (Å²) in [5.41, 5.74) is 2.08. The van der Waals surface area contributed by atoms with Crippen LogP contribution in [0.1, 0.15) is 17.5 Å². The third-order valence-electron chi connectivity index (χ3n) is 3.27. The number of carbonyl (C=O) groups is 2. The van der Waals surface area contributed by atoms with Crippen LogP contribution in [0.5, 0.6) is 0 Å². The van der Waals surface area contributed by atoms with Crippen LogP contribution < -0.4 is 16.0 Å². The summed E-state index contributed by atoms with van der Waals surface area (Å²) in [6.45, 7) is 1.27. The molecule has 2 aromatic carbocycles. The summed E-state index contributed by atoms with van der Waals surface area (Å²) >= 11 is 0. The molecule has 0 spiro atoms. The Hall–Kier alpha value is -2.82. The molecule has 0 atom stereocenters. The summed E-state index contributed by atoms with van der Waals surface area (Å²) in [6, 6.07) is 19.1. The first-order valence-corrected chi connectivity index (χ1v) is 7.60. The lowest BCUT2D eigenvalue weighted by Crippen LogP contribution is -2.37. The number of benzene rings is 2. The van der Waals surface area contributed by atoms with Gasteiger partial charge in [0.2, 0.25) is 5.91 Å². The van der Waals surface area contributed by atoms with Gasteiger partial charge in [-0.3, -0.25) is 4.79 Å². The lowest BCUT2D eigenvalue weighted by Gasteiger charge is -2.08. The number of rotatable bonds is 7. The smallest absolute Gasteiger partial charge is 0.315 e. The lowest BCUT2D eigenvalue weighted by molar-refractivity contribution is -0.121. The van der Waals surface area contributed by atoms with Crippen LogP contribution in [0.4, 0.5) is 4.79 Å². The molecule has 2 rings (SSSR count). The van der Waals surface area contributed by atoms with E-state index in [1.165, 1.54) is 0 Å². The Balaban J connectivity index is 1.57. The van der Waals surface area contributed by atoms with Crippen molar-refractivity contribution in [1.29, 1.82) is 0 Å². The normalized spacial score (nSPS) is 9.91. The van der Waals surface area contributed by atoms with E-state index in [1.807, 2.05) is 60.7 Å². The maximum Gasteiger partial charge on any atom is 0.315 e. The minimum absolute atomic E-state index is 0.0859. The van der Waals surface area contributed by atoms with Gasteiger partial charge in [0, 0.05) is 26.1 Å². The fourth-order valence-electron chi connectivity index (χ4n) is 2.02. The van der Waals surface area contributed by atoms with Gasteiger partial charge in [0.25, 0.3) is 0 Å². The highest BCUT2D eigenvalue weighted by atomic mass is 16.2. The van der Waals surface area contributed by atoms with E-state index in [4.69, 9.17) is 0 Å². The molecule has 0 unspecified atom stereocenters. The van der Waals surface area contributed by atoms with E-state index in [9.17, 15) is 9.59 Å². The van der Waals surface area contributed by atoms with Crippen LogP contribution in [-0.2, 0) is 17.9 Å². The van der Waals surface area contributed by atoms with Gasteiger partial charge in [0.1, 0.15) is 0 Å². The van der Waals surface area contributed by atoms with E-state index in [1.54, 1.807) is 0 Å². The minimum Gasteiger partial charge on any atom is -0.352 e. The molecule has 0 saturated heterocycles. The number of hydrogen-bond donors (Lipinski definition) is 3. The lowest BCUT2D eigenvalue weighted by atomic mass is 10.2. The van der Waals surface area contributed by atoms with E-state index in [-0.39, 0.29) is 18.4 Å². The third-order valence-corrected chi connectivity index (χ3v) is 3.27. The molecule has 0 aliphatic carbocycles. The molecule has 0 radical (unpaired) electrons. The van der Waals surface area contributed by atoms with Crippen molar-refractivity contribution in [1.82, 2.24) is 16.0 Å². The predicted octanol–water partition coefficient (Wildman–Crippen LogP) is 2.19. The second-order valence-electron chi connectivity index (χ2n) is 5.11. The molecule has 3 N–H and O–H groups in total. The van der Waals surface area contributed by atoms with Crippen LogP contribution in [-0.4, -0.2) is 18.5 Å². The van der Waals surface area contributed by atoms with Crippen molar-refractivity contribution in [2.45, 2.75) is 19.5 Å². The fraction of sp³-hybridized carbons (Fsp3) is 0.222. The van der Waals surface area contributed by atoms with Crippen molar-refractivity contribution >= 4 is 11.9 Å². The Morgan fingerprint density at radius 3 is 1.78 bits per heavy atom.